The molecule has 0 atom stereocenters. The summed E-state index contributed by atoms with van der Waals surface area (Å²) < 4.78 is 7.46. The molecule has 1 N–H and O–H groups in total. The van der Waals surface area contributed by atoms with Gasteiger partial charge in [0.15, 0.2) is 0 Å². The van der Waals surface area contributed by atoms with E-state index in [9.17, 15) is 4.79 Å². The first-order valence-corrected chi connectivity index (χ1v) is 9.06. The number of carbonyl (C=O) groups excluding carboxylic acids is 1. The highest BCUT2D eigenvalue weighted by atomic mass is 16.5. The number of hydrogen-bond donors (Lipinski definition) is 1. The molecule has 5 nitrogen and oxygen atoms in total. The third kappa shape index (κ3) is 4.23. The van der Waals surface area contributed by atoms with Gasteiger partial charge in [-0.05, 0) is 44.3 Å². The normalized spacial score (nSPS) is 10.8. The van der Waals surface area contributed by atoms with Gasteiger partial charge in [0.05, 0.1) is 16.6 Å². The van der Waals surface area contributed by atoms with Crippen LogP contribution in [0, 0.1) is 0 Å². The molecule has 0 aliphatic heterocycles. The maximum Gasteiger partial charge on any atom is 0.341 e. The Kier molecular flexibility index (Phi) is 7.18. The van der Waals surface area contributed by atoms with Gasteiger partial charge < -0.3 is 19.1 Å². The van der Waals surface area contributed by atoms with Crippen molar-refractivity contribution in [3.05, 3.63) is 53.7 Å². The molecule has 0 saturated carbocycles. The van der Waals surface area contributed by atoms with Crippen molar-refractivity contribution in [2.75, 3.05) is 33.9 Å². The highest BCUT2D eigenvalue weighted by Crippen LogP contribution is 2.28. The lowest BCUT2D eigenvalue weighted by Crippen LogP contribution is -2.20. The number of likely N-dealkylation sites (N-methyl/N-ethyl adjacent to an activating group) is 1. The molecule has 0 amide bonds. The second-order valence-electron chi connectivity index (χ2n) is 6.10. The van der Waals surface area contributed by atoms with Gasteiger partial charge in [0, 0.05) is 24.7 Å². The van der Waals surface area contributed by atoms with Gasteiger partial charge in [-0.3, -0.25) is 0 Å². The summed E-state index contributed by atoms with van der Waals surface area (Å²) >= 11 is 0. The molecular formula is C21H28N2O3. The lowest BCUT2D eigenvalue weighted by atomic mass is 10.1. The van der Waals surface area contributed by atoms with Crippen molar-refractivity contribution in [2.45, 2.75) is 20.3 Å². The Labute approximate surface area is 154 Å². The highest BCUT2D eigenvalue weighted by molar-refractivity contribution is 6.11. The molecule has 3 aromatic rings. The third-order valence-corrected chi connectivity index (χ3v) is 4.08. The largest absolute Gasteiger partial charge is 0.461 e. The standard InChI is InChI=1S/C19H22N2O3.C2H6/c1-20(2)10-12-24-19(23)18-15-7-6-14(8-11-22)13-17(15)21-9-4-3-5-16(18)21;1-2/h3-7,9,13,22H,8,10-12H2,1-2H3;1-2H3. The van der Waals surface area contributed by atoms with E-state index in [0.717, 1.165) is 22.0 Å². The van der Waals surface area contributed by atoms with E-state index in [-0.39, 0.29) is 12.6 Å². The lowest BCUT2D eigenvalue weighted by molar-refractivity contribution is 0.0486. The minimum absolute atomic E-state index is 0.105. The zero-order chi connectivity index (χ0) is 19.1. The van der Waals surface area contributed by atoms with Crippen molar-refractivity contribution in [3.63, 3.8) is 0 Å². The van der Waals surface area contributed by atoms with E-state index in [1.165, 1.54) is 0 Å². The fraction of sp³-hybridized carbons (Fsp3) is 0.381. The van der Waals surface area contributed by atoms with Crippen LogP contribution in [0.1, 0.15) is 29.8 Å². The maximum absolute atomic E-state index is 12.6. The van der Waals surface area contributed by atoms with Crippen molar-refractivity contribution < 1.29 is 14.6 Å². The van der Waals surface area contributed by atoms with Crippen molar-refractivity contribution in [2.24, 2.45) is 0 Å². The number of fused-ring (bicyclic) bond motifs is 3. The Morgan fingerprint density at radius 1 is 1.15 bits per heavy atom. The first-order chi connectivity index (χ1) is 12.6. The van der Waals surface area contributed by atoms with Crippen LogP contribution in [0.3, 0.4) is 0 Å². The van der Waals surface area contributed by atoms with Gasteiger partial charge in [-0.1, -0.05) is 32.0 Å². The van der Waals surface area contributed by atoms with Crippen LogP contribution in [0.5, 0.6) is 0 Å². The van der Waals surface area contributed by atoms with E-state index in [4.69, 9.17) is 9.84 Å². The fourth-order valence-corrected chi connectivity index (χ4v) is 2.88. The molecule has 140 valence electrons. The summed E-state index contributed by atoms with van der Waals surface area (Å²) in [5.74, 6) is -0.301. The Morgan fingerprint density at radius 3 is 2.62 bits per heavy atom. The van der Waals surface area contributed by atoms with Crippen LogP contribution in [0.4, 0.5) is 0 Å². The number of aromatic nitrogens is 1. The molecule has 0 aliphatic carbocycles. The van der Waals surface area contributed by atoms with Gasteiger partial charge in [-0.25, -0.2) is 4.79 Å². The van der Waals surface area contributed by atoms with Crippen LogP contribution in [0.15, 0.2) is 42.6 Å². The van der Waals surface area contributed by atoms with Crippen LogP contribution >= 0.6 is 0 Å². The summed E-state index contributed by atoms with van der Waals surface area (Å²) in [5, 5.41) is 10.0. The van der Waals surface area contributed by atoms with Crippen molar-refractivity contribution in [1.29, 1.82) is 0 Å². The molecule has 2 heterocycles. The average molecular weight is 356 g/mol. The van der Waals surface area contributed by atoms with Gasteiger partial charge in [0.2, 0.25) is 0 Å². The summed E-state index contributed by atoms with van der Waals surface area (Å²) in [6.07, 6.45) is 2.54. The molecule has 3 rings (SSSR count). The van der Waals surface area contributed by atoms with Gasteiger partial charge in [0.1, 0.15) is 6.61 Å². The van der Waals surface area contributed by atoms with E-state index in [0.29, 0.717) is 25.1 Å². The highest BCUT2D eigenvalue weighted by Gasteiger charge is 2.19. The van der Waals surface area contributed by atoms with Crippen LogP contribution in [-0.2, 0) is 11.2 Å². The molecule has 0 radical (unpaired) electrons. The van der Waals surface area contributed by atoms with E-state index in [1.807, 2.05) is 79.8 Å². The monoisotopic (exact) mass is 356 g/mol. The topological polar surface area (TPSA) is 54.2 Å². The summed E-state index contributed by atoms with van der Waals surface area (Å²) in [6, 6.07) is 11.7. The molecular weight excluding hydrogens is 328 g/mol. The maximum atomic E-state index is 12.6. The Hall–Kier alpha value is -2.37. The average Bonchev–Trinajstić information content (AvgIpc) is 2.97. The first kappa shape index (κ1) is 19.9. The number of aliphatic hydroxyl groups is 1. The second-order valence-corrected chi connectivity index (χ2v) is 6.10. The SMILES string of the molecule is CC.CN(C)CCOC(=O)c1c2ccc(CCO)cc2n2ccccc12. The van der Waals surface area contributed by atoms with Crippen LogP contribution in [0.2, 0.25) is 0 Å². The van der Waals surface area contributed by atoms with Gasteiger partial charge in [0.25, 0.3) is 0 Å². The minimum atomic E-state index is -0.301. The van der Waals surface area contributed by atoms with E-state index in [2.05, 4.69) is 0 Å². The molecule has 0 unspecified atom stereocenters. The second kappa shape index (κ2) is 9.36. The van der Waals surface area contributed by atoms with Crippen LogP contribution < -0.4 is 0 Å². The number of rotatable bonds is 6. The zero-order valence-corrected chi connectivity index (χ0v) is 16.0. The molecule has 0 saturated heterocycles. The van der Waals surface area contributed by atoms with Crippen molar-refractivity contribution in [3.8, 4) is 0 Å². The van der Waals surface area contributed by atoms with Gasteiger partial charge in [-0.2, -0.15) is 0 Å². The number of nitrogens with zero attached hydrogens (tertiary/aromatic N) is 2. The molecule has 0 aliphatic rings. The molecule has 5 heteroatoms. The Morgan fingerprint density at radius 2 is 1.92 bits per heavy atom. The van der Waals surface area contributed by atoms with Gasteiger partial charge >= 0.3 is 5.97 Å². The number of esters is 1. The summed E-state index contributed by atoms with van der Waals surface area (Å²) in [5.41, 5.74) is 3.43. The van der Waals surface area contributed by atoms with E-state index >= 15 is 0 Å². The quantitative estimate of drug-likeness (QED) is 0.688. The summed E-state index contributed by atoms with van der Waals surface area (Å²) in [6.45, 7) is 5.16. The smallest absolute Gasteiger partial charge is 0.341 e. The predicted molar refractivity (Wildman–Crippen MR) is 106 cm³/mol. The van der Waals surface area contributed by atoms with Crippen molar-refractivity contribution >= 4 is 22.4 Å². The van der Waals surface area contributed by atoms with Gasteiger partial charge in [-0.15, -0.1) is 0 Å². The molecule has 0 bridgehead atoms. The van der Waals surface area contributed by atoms with Crippen LogP contribution in [-0.4, -0.2) is 54.2 Å². The first-order valence-electron chi connectivity index (χ1n) is 9.06. The molecule has 2 aromatic heterocycles. The van der Waals surface area contributed by atoms with Crippen LogP contribution in [0.25, 0.3) is 16.4 Å². The number of carbonyl (C=O) groups is 1. The zero-order valence-electron chi connectivity index (χ0n) is 16.0. The molecule has 1 aromatic carbocycles. The third-order valence-electron chi connectivity index (χ3n) is 4.08. The summed E-state index contributed by atoms with van der Waals surface area (Å²) in [4.78, 5) is 14.6. The predicted octanol–water partition coefficient (Wildman–Crippen LogP) is 3.37. The molecule has 0 fully saturated rings. The number of aliphatic hydroxyl groups excluding tert-OH is 1. The number of benzene rings is 1. The van der Waals surface area contributed by atoms with E-state index in [1.54, 1.807) is 0 Å². The Balaban J connectivity index is 0.00000117. The molecule has 0 spiro atoms. The number of ether oxygens (including phenoxy) is 1. The molecule has 26 heavy (non-hydrogen) atoms. The lowest BCUT2D eigenvalue weighted by Gasteiger charge is -2.09. The number of pyridine rings is 1. The fourth-order valence-electron chi connectivity index (χ4n) is 2.88. The van der Waals surface area contributed by atoms with E-state index < -0.39 is 0 Å². The Bertz CT molecular complexity index is 868. The van der Waals surface area contributed by atoms with Crippen molar-refractivity contribution in [1.82, 2.24) is 9.30 Å². The number of hydrogen-bond acceptors (Lipinski definition) is 4. The summed E-state index contributed by atoms with van der Waals surface area (Å²) in [7, 11) is 3.89. The minimum Gasteiger partial charge on any atom is -0.461 e.